The molecular formula is C26H27NO4. The number of carbonyl (C=O) groups is 1. The molecule has 0 unspecified atom stereocenters. The second kappa shape index (κ2) is 8.72. The molecular weight excluding hydrogens is 390 g/mol. The van der Waals surface area contributed by atoms with E-state index in [1.165, 1.54) is 0 Å². The number of fused-ring (bicyclic) bond motifs is 1. The van der Waals surface area contributed by atoms with Gasteiger partial charge in [-0.25, -0.2) is 0 Å². The number of benzene rings is 3. The van der Waals surface area contributed by atoms with E-state index < -0.39 is 5.60 Å². The van der Waals surface area contributed by atoms with Crippen LogP contribution in [0.25, 0.3) is 0 Å². The number of ether oxygens (including phenoxy) is 3. The SMILES string of the molecule is COc1ccc2c(c1)OC(C)(C)C[C@@H]2NC(=O)c1ccccc1OCc1ccccc1. The molecule has 0 saturated heterocycles. The van der Waals surface area contributed by atoms with E-state index in [-0.39, 0.29) is 11.9 Å². The Labute approximate surface area is 183 Å². The molecule has 0 saturated carbocycles. The Hall–Kier alpha value is -3.47. The summed E-state index contributed by atoms with van der Waals surface area (Å²) in [6, 6.07) is 22.7. The third kappa shape index (κ3) is 4.82. The van der Waals surface area contributed by atoms with Crippen LogP contribution in [0.15, 0.2) is 72.8 Å². The zero-order valence-corrected chi connectivity index (χ0v) is 18.1. The highest BCUT2D eigenvalue weighted by Gasteiger charge is 2.35. The third-order valence-electron chi connectivity index (χ3n) is 5.35. The Bertz CT molecular complexity index is 1060. The Morgan fingerprint density at radius 2 is 1.81 bits per heavy atom. The van der Waals surface area contributed by atoms with Crippen molar-refractivity contribution in [3.05, 3.63) is 89.5 Å². The highest BCUT2D eigenvalue weighted by Crippen LogP contribution is 2.41. The fourth-order valence-corrected chi connectivity index (χ4v) is 3.84. The minimum atomic E-state index is -0.416. The van der Waals surface area contributed by atoms with Crippen LogP contribution in [0.5, 0.6) is 17.2 Å². The van der Waals surface area contributed by atoms with Gasteiger partial charge in [0.1, 0.15) is 29.5 Å². The highest BCUT2D eigenvalue weighted by molar-refractivity contribution is 5.97. The molecule has 0 bridgehead atoms. The second-order valence-corrected chi connectivity index (χ2v) is 8.27. The predicted octanol–water partition coefficient (Wildman–Crippen LogP) is 5.31. The Morgan fingerprint density at radius 3 is 2.58 bits per heavy atom. The van der Waals surface area contributed by atoms with Gasteiger partial charge in [0.2, 0.25) is 0 Å². The number of carbonyl (C=O) groups excluding carboxylic acids is 1. The summed E-state index contributed by atoms with van der Waals surface area (Å²) in [4.78, 5) is 13.2. The number of hydrogen-bond donors (Lipinski definition) is 1. The smallest absolute Gasteiger partial charge is 0.255 e. The molecule has 0 aromatic heterocycles. The highest BCUT2D eigenvalue weighted by atomic mass is 16.5. The maximum absolute atomic E-state index is 13.2. The number of nitrogens with one attached hydrogen (secondary N) is 1. The number of para-hydroxylation sites is 1. The monoisotopic (exact) mass is 417 g/mol. The van der Waals surface area contributed by atoms with Crippen LogP contribution in [-0.2, 0) is 6.61 Å². The first-order valence-electron chi connectivity index (χ1n) is 10.4. The number of methoxy groups -OCH3 is 1. The maximum atomic E-state index is 13.2. The Balaban J connectivity index is 1.55. The lowest BCUT2D eigenvalue weighted by Gasteiger charge is -2.38. The van der Waals surface area contributed by atoms with Crippen molar-refractivity contribution >= 4 is 5.91 Å². The number of hydrogen-bond acceptors (Lipinski definition) is 4. The van der Waals surface area contributed by atoms with Crippen molar-refractivity contribution in [3.63, 3.8) is 0 Å². The number of rotatable bonds is 6. The largest absolute Gasteiger partial charge is 0.497 e. The van der Waals surface area contributed by atoms with Crippen molar-refractivity contribution in [3.8, 4) is 17.2 Å². The van der Waals surface area contributed by atoms with Gasteiger partial charge in [0.15, 0.2) is 0 Å². The second-order valence-electron chi connectivity index (χ2n) is 8.27. The molecule has 4 rings (SSSR count). The lowest BCUT2D eigenvalue weighted by atomic mass is 9.89. The van der Waals surface area contributed by atoms with Gasteiger partial charge in [-0.3, -0.25) is 4.79 Å². The topological polar surface area (TPSA) is 56.8 Å². The molecule has 31 heavy (non-hydrogen) atoms. The molecule has 0 spiro atoms. The molecule has 3 aromatic carbocycles. The van der Waals surface area contributed by atoms with Gasteiger partial charge in [0.25, 0.3) is 5.91 Å². The van der Waals surface area contributed by atoms with E-state index in [0.717, 1.165) is 22.6 Å². The van der Waals surface area contributed by atoms with Gasteiger partial charge in [-0.2, -0.15) is 0 Å². The quantitative estimate of drug-likeness (QED) is 0.591. The van der Waals surface area contributed by atoms with Gasteiger partial charge in [0, 0.05) is 18.1 Å². The van der Waals surface area contributed by atoms with Gasteiger partial charge < -0.3 is 19.5 Å². The van der Waals surface area contributed by atoms with Gasteiger partial charge in [-0.05, 0) is 43.7 Å². The van der Waals surface area contributed by atoms with Crippen LogP contribution in [0.4, 0.5) is 0 Å². The van der Waals surface area contributed by atoms with Crippen LogP contribution < -0.4 is 19.5 Å². The fourth-order valence-electron chi connectivity index (χ4n) is 3.84. The van der Waals surface area contributed by atoms with E-state index in [0.29, 0.717) is 24.3 Å². The minimum Gasteiger partial charge on any atom is -0.497 e. The molecule has 1 amide bonds. The van der Waals surface area contributed by atoms with E-state index in [4.69, 9.17) is 14.2 Å². The molecule has 5 nitrogen and oxygen atoms in total. The molecule has 1 atom stereocenters. The van der Waals surface area contributed by atoms with Gasteiger partial charge in [0.05, 0.1) is 18.7 Å². The van der Waals surface area contributed by atoms with E-state index in [9.17, 15) is 4.79 Å². The molecule has 160 valence electrons. The molecule has 0 fully saturated rings. The van der Waals surface area contributed by atoms with Crippen LogP contribution in [-0.4, -0.2) is 18.6 Å². The fraction of sp³-hybridized carbons (Fsp3) is 0.269. The van der Waals surface area contributed by atoms with Gasteiger partial charge in [-0.1, -0.05) is 42.5 Å². The lowest BCUT2D eigenvalue weighted by Crippen LogP contribution is -2.41. The van der Waals surface area contributed by atoms with Crippen molar-refractivity contribution in [1.82, 2.24) is 5.32 Å². The molecule has 0 aliphatic carbocycles. The van der Waals surface area contributed by atoms with E-state index in [2.05, 4.69) is 5.32 Å². The van der Waals surface area contributed by atoms with Gasteiger partial charge >= 0.3 is 0 Å². The first kappa shape index (κ1) is 20.8. The number of amides is 1. The standard InChI is InChI=1S/C26H27NO4/c1-26(2)16-22(20-14-13-19(29-3)15-24(20)31-26)27-25(28)21-11-7-8-12-23(21)30-17-18-9-5-4-6-10-18/h4-15,22H,16-17H2,1-3H3,(H,27,28)/t22-/m0/s1. The van der Waals surface area contributed by atoms with Crippen LogP contribution in [0.2, 0.25) is 0 Å². The van der Waals surface area contributed by atoms with Crippen molar-refractivity contribution in [1.29, 1.82) is 0 Å². The first-order valence-corrected chi connectivity index (χ1v) is 10.4. The average molecular weight is 418 g/mol. The average Bonchev–Trinajstić information content (AvgIpc) is 2.77. The summed E-state index contributed by atoms with van der Waals surface area (Å²) in [7, 11) is 1.63. The summed E-state index contributed by atoms with van der Waals surface area (Å²) in [6.07, 6.45) is 0.658. The zero-order valence-electron chi connectivity index (χ0n) is 18.1. The molecule has 1 N–H and O–H groups in total. The summed E-state index contributed by atoms with van der Waals surface area (Å²) >= 11 is 0. The summed E-state index contributed by atoms with van der Waals surface area (Å²) in [5.74, 6) is 1.84. The van der Waals surface area contributed by atoms with Crippen molar-refractivity contribution in [2.45, 2.75) is 38.5 Å². The predicted molar refractivity (Wildman–Crippen MR) is 120 cm³/mol. The van der Waals surface area contributed by atoms with E-state index in [1.54, 1.807) is 13.2 Å². The molecule has 5 heteroatoms. The van der Waals surface area contributed by atoms with Crippen molar-refractivity contribution in [2.24, 2.45) is 0 Å². The normalized spacial score (nSPS) is 16.5. The summed E-state index contributed by atoms with van der Waals surface area (Å²) in [5.41, 5.74) is 2.08. The van der Waals surface area contributed by atoms with Crippen molar-refractivity contribution in [2.75, 3.05) is 7.11 Å². The lowest BCUT2D eigenvalue weighted by molar-refractivity contribution is 0.0616. The molecule has 3 aromatic rings. The molecule has 1 aliphatic heterocycles. The Morgan fingerprint density at radius 1 is 1.06 bits per heavy atom. The molecule has 1 heterocycles. The van der Waals surface area contributed by atoms with Crippen LogP contribution in [0.1, 0.15) is 47.8 Å². The maximum Gasteiger partial charge on any atom is 0.255 e. The van der Waals surface area contributed by atoms with Crippen LogP contribution >= 0.6 is 0 Å². The van der Waals surface area contributed by atoms with Crippen molar-refractivity contribution < 1.29 is 19.0 Å². The summed E-state index contributed by atoms with van der Waals surface area (Å²) < 4.78 is 17.4. The third-order valence-corrected chi connectivity index (χ3v) is 5.35. The van der Waals surface area contributed by atoms with Crippen LogP contribution in [0, 0.1) is 0 Å². The minimum absolute atomic E-state index is 0.173. The molecule has 0 radical (unpaired) electrons. The van der Waals surface area contributed by atoms with E-state index in [1.807, 2.05) is 80.6 Å². The first-order chi connectivity index (χ1) is 14.9. The van der Waals surface area contributed by atoms with Crippen LogP contribution in [0.3, 0.4) is 0 Å². The summed E-state index contributed by atoms with van der Waals surface area (Å²) in [5, 5.41) is 3.18. The van der Waals surface area contributed by atoms with E-state index >= 15 is 0 Å². The Kier molecular flexibility index (Phi) is 5.85. The summed E-state index contributed by atoms with van der Waals surface area (Å²) in [6.45, 7) is 4.44. The molecule has 1 aliphatic rings. The van der Waals surface area contributed by atoms with Gasteiger partial charge in [-0.15, -0.1) is 0 Å². The zero-order chi connectivity index (χ0) is 21.8.